The number of H-pyrrole nitrogens is 1. The molecular weight excluding hydrogens is 296 g/mol. The van der Waals surface area contributed by atoms with E-state index in [1.54, 1.807) is 0 Å². The van der Waals surface area contributed by atoms with E-state index in [-0.39, 0.29) is 5.41 Å². The standard InChI is InChI=1S/C20H28N4/c1-20(2,3)18-9-6-16(7-10-18)8-11-19-17(14-22-23-19)15-24(5)13-12-21-4/h6-7,9-10,14,21H,12-13,15H2,1-5H3,(H,22,23). The van der Waals surface area contributed by atoms with Crippen LogP contribution >= 0.6 is 0 Å². The highest BCUT2D eigenvalue weighted by atomic mass is 15.1. The fourth-order valence-corrected chi connectivity index (χ4v) is 2.40. The molecule has 0 saturated heterocycles. The highest BCUT2D eigenvalue weighted by Crippen LogP contribution is 2.21. The largest absolute Gasteiger partial charge is 0.318 e. The van der Waals surface area contributed by atoms with Crippen molar-refractivity contribution in [2.45, 2.75) is 32.7 Å². The van der Waals surface area contributed by atoms with Crippen molar-refractivity contribution in [2.24, 2.45) is 0 Å². The lowest BCUT2D eigenvalue weighted by Crippen LogP contribution is -2.27. The van der Waals surface area contributed by atoms with E-state index in [2.05, 4.69) is 84.3 Å². The highest BCUT2D eigenvalue weighted by molar-refractivity contribution is 5.43. The number of nitrogens with zero attached hydrogens (tertiary/aromatic N) is 2. The minimum atomic E-state index is 0.166. The first-order chi connectivity index (χ1) is 11.4. The van der Waals surface area contributed by atoms with Crippen LogP contribution in [0.25, 0.3) is 0 Å². The first-order valence-electron chi connectivity index (χ1n) is 8.38. The Morgan fingerprint density at radius 3 is 2.50 bits per heavy atom. The Morgan fingerprint density at radius 2 is 1.88 bits per heavy atom. The van der Waals surface area contributed by atoms with Crippen molar-refractivity contribution in [3.63, 3.8) is 0 Å². The summed E-state index contributed by atoms with van der Waals surface area (Å²) in [5, 5.41) is 10.4. The van der Waals surface area contributed by atoms with Gasteiger partial charge in [0, 0.05) is 37.0 Å². The van der Waals surface area contributed by atoms with E-state index in [9.17, 15) is 0 Å². The average molecular weight is 324 g/mol. The predicted octanol–water partition coefficient (Wildman–Crippen LogP) is 2.76. The van der Waals surface area contributed by atoms with Gasteiger partial charge in [-0.3, -0.25) is 5.10 Å². The molecule has 4 heteroatoms. The molecule has 1 heterocycles. The van der Waals surface area contributed by atoms with Crippen molar-refractivity contribution >= 4 is 0 Å². The van der Waals surface area contributed by atoms with E-state index in [0.29, 0.717) is 0 Å². The molecule has 0 aliphatic heterocycles. The summed E-state index contributed by atoms with van der Waals surface area (Å²) in [7, 11) is 4.07. The van der Waals surface area contributed by atoms with Crippen LogP contribution in [0.1, 0.15) is 43.2 Å². The minimum Gasteiger partial charge on any atom is -0.318 e. The Kier molecular flexibility index (Phi) is 6.19. The van der Waals surface area contributed by atoms with Crippen LogP contribution in [0.4, 0.5) is 0 Å². The topological polar surface area (TPSA) is 44.0 Å². The van der Waals surface area contributed by atoms with Gasteiger partial charge in [0.15, 0.2) is 0 Å². The third-order valence-electron chi connectivity index (χ3n) is 3.98. The van der Waals surface area contributed by atoms with Crippen molar-refractivity contribution in [2.75, 3.05) is 27.2 Å². The number of aromatic nitrogens is 2. The van der Waals surface area contributed by atoms with Crippen LogP contribution in [0, 0.1) is 11.8 Å². The molecule has 0 bridgehead atoms. The van der Waals surface area contributed by atoms with Gasteiger partial charge in [-0.2, -0.15) is 5.10 Å². The maximum Gasteiger partial charge on any atom is 0.139 e. The van der Waals surface area contributed by atoms with Crippen LogP contribution in [-0.2, 0) is 12.0 Å². The second kappa shape index (κ2) is 8.14. The van der Waals surface area contributed by atoms with Crippen molar-refractivity contribution in [3.8, 4) is 11.8 Å². The molecule has 2 aromatic rings. The maximum absolute atomic E-state index is 4.28. The van der Waals surface area contributed by atoms with Crippen LogP contribution in [0.3, 0.4) is 0 Å². The summed E-state index contributed by atoms with van der Waals surface area (Å²) >= 11 is 0. The lowest BCUT2D eigenvalue weighted by molar-refractivity contribution is 0.328. The molecule has 128 valence electrons. The maximum atomic E-state index is 4.28. The minimum absolute atomic E-state index is 0.166. The van der Waals surface area contributed by atoms with Gasteiger partial charge in [0.25, 0.3) is 0 Å². The molecule has 0 aliphatic rings. The third-order valence-corrected chi connectivity index (χ3v) is 3.98. The van der Waals surface area contributed by atoms with Crippen molar-refractivity contribution < 1.29 is 0 Å². The Bertz CT molecular complexity index is 696. The van der Waals surface area contributed by atoms with E-state index in [1.807, 2.05) is 13.2 Å². The Labute approximate surface area is 145 Å². The molecule has 2 N–H and O–H groups in total. The van der Waals surface area contributed by atoms with E-state index >= 15 is 0 Å². The summed E-state index contributed by atoms with van der Waals surface area (Å²) in [4.78, 5) is 2.25. The van der Waals surface area contributed by atoms with E-state index < -0.39 is 0 Å². The van der Waals surface area contributed by atoms with Crippen LogP contribution in [0.5, 0.6) is 0 Å². The summed E-state index contributed by atoms with van der Waals surface area (Å²) in [6.45, 7) is 9.44. The van der Waals surface area contributed by atoms with Gasteiger partial charge in [0.1, 0.15) is 5.69 Å². The smallest absolute Gasteiger partial charge is 0.139 e. The molecule has 0 saturated carbocycles. The van der Waals surface area contributed by atoms with Crippen LogP contribution in [-0.4, -0.2) is 42.3 Å². The molecule has 1 aromatic heterocycles. The number of nitrogens with one attached hydrogen (secondary N) is 2. The third kappa shape index (κ3) is 5.23. The Balaban J connectivity index is 2.07. The molecule has 0 fully saturated rings. The molecule has 0 radical (unpaired) electrons. The second-order valence-corrected chi connectivity index (χ2v) is 7.18. The number of benzene rings is 1. The monoisotopic (exact) mass is 324 g/mol. The number of aromatic amines is 1. The fraction of sp³-hybridized carbons (Fsp3) is 0.450. The van der Waals surface area contributed by atoms with Crippen LogP contribution in [0.15, 0.2) is 30.5 Å². The number of likely N-dealkylation sites (N-methyl/N-ethyl adjacent to an activating group) is 2. The summed E-state index contributed by atoms with van der Waals surface area (Å²) < 4.78 is 0. The number of rotatable bonds is 5. The lowest BCUT2D eigenvalue weighted by Gasteiger charge is -2.18. The van der Waals surface area contributed by atoms with Gasteiger partial charge in [0.05, 0.1) is 0 Å². The molecule has 0 amide bonds. The number of hydrogen-bond donors (Lipinski definition) is 2. The van der Waals surface area contributed by atoms with Gasteiger partial charge < -0.3 is 10.2 Å². The summed E-state index contributed by atoms with van der Waals surface area (Å²) in [5.74, 6) is 6.41. The van der Waals surface area contributed by atoms with Gasteiger partial charge in [0.2, 0.25) is 0 Å². The normalized spacial score (nSPS) is 11.4. The average Bonchev–Trinajstić information content (AvgIpc) is 2.97. The molecule has 2 rings (SSSR count). The zero-order chi connectivity index (χ0) is 17.6. The predicted molar refractivity (Wildman–Crippen MR) is 100.0 cm³/mol. The van der Waals surface area contributed by atoms with E-state index in [4.69, 9.17) is 0 Å². The number of hydrogen-bond acceptors (Lipinski definition) is 3. The van der Waals surface area contributed by atoms with Gasteiger partial charge in [-0.15, -0.1) is 0 Å². The molecule has 0 atom stereocenters. The quantitative estimate of drug-likeness (QED) is 0.831. The van der Waals surface area contributed by atoms with E-state index in [0.717, 1.165) is 36.5 Å². The van der Waals surface area contributed by atoms with Gasteiger partial charge in [-0.1, -0.05) is 38.8 Å². The van der Waals surface area contributed by atoms with Crippen LogP contribution in [0.2, 0.25) is 0 Å². The zero-order valence-corrected chi connectivity index (χ0v) is 15.4. The summed E-state index contributed by atoms with van der Waals surface area (Å²) in [6, 6.07) is 8.47. The van der Waals surface area contributed by atoms with E-state index in [1.165, 1.54) is 5.56 Å². The molecule has 0 spiro atoms. The van der Waals surface area contributed by atoms with Crippen molar-refractivity contribution in [3.05, 3.63) is 52.8 Å². The van der Waals surface area contributed by atoms with Gasteiger partial charge in [-0.25, -0.2) is 0 Å². The summed E-state index contributed by atoms with van der Waals surface area (Å²) in [6.07, 6.45) is 1.93. The molecular formula is C20H28N4. The fourth-order valence-electron chi connectivity index (χ4n) is 2.40. The Hall–Kier alpha value is -2.09. The molecule has 1 aromatic carbocycles. The first-order valence-corrected chi connectivity index (χ1v) is 8.38. The molecule has 4 nitrogen and oxygen atoms in total. The van der Waals surface area contributed by atoms with Crippen molar-refractivity contribution in [1.29, 1.82) is 0 Å². The molecule has 0 unspecified atom stereocenters. The Morgan fingerprint density at radius 1 is 1.17 bits per heavy atom. The van der Waals surface area contributed by atoms with Crippen LogP contribution < -0.4 is 5.32 Å². The zero-order valence-electron chi connectivity index (χ0n) is 15.4. The van der Waals surface area contributed by atoms with Gasteiger partial charge in [-0.05, 0) is 43.1 Å². The molecule has 0 aliphatic carbocycles. The first kappa shape index (κ1) is 18.3. The lowest BCUT2D eigenvalue weighted by atomic mass is 9.87. The second-order valence-electron chi connectivity index (χ2n) is 7.18. The highest BCUT2D eigenvalue weighted by Gasteiger charge is 2.12. The molecule has 24 heavy (non-hydrogen) atoms. The van der Waals surface area contributed by atoms with Gasteiger partial charge >= 0.3 is 0 Å². The SMILES string of the molecule is CNCCN(C)Cc1c[nH]nc1C#Cc1ccc(C(C)(C)C)cc1. The summed E-state index contributed by atoms with van der Waals surface area (Å²) in [5.41, 5.74) is 4.46. The van der Waals surface area contributed by atoms with Crippen molar-refractivity contribution in [1.82, 2.24) is 20.4 Å².